The molecular weight excluding hydrogens is 570 g/mol. The van der Waals surface area contributed by atoms with E-state index >= 15 is 0 Å². The molecule has 4 atom stereocenters. The van der Waals surface area contributed by atoms with E-state index in [0.29, 0.717) is 44.2 Å². The Kier molecular flexibility index (Phi) is 8.14. The zero-order valence-electron chi connectivity index (χ0n) is 25.4. The summed E-state index contributed by atoms with van der Waals surface area (Å²) >= 11 is 6.43. The van der Waals surface area contributed by atoms with Gasteiger partial charge in [-0.15, -0.1) is 0 Å². The number of pyridine rings is 1. The fraction of sp³-hybridized carbons (Fsp3) is 0.531. The predicted molar refractivity (Wildman–Crippen MR) is 164 cm³/mol. The van der Waals surface area contributed by atoms with Crippen molar-refractivity contribution in [1.82, 2.24) is 25.1 Å². The van der Waals surface area contributed by atoms with Gasteiger partial charge in [-0.25, -0.2) is 9.78 Å². The van der Waals surface area contributed by atoms with E-state index in [1.807, 2.05) is 56.7 Å². The van der Waals surface area contributed by atoms with Gasteiger partial charge in [0.1, 0.15) is 17.3 Å². The van der Waals surface area contributed by atoms with Crippen molar-refractivity contribution in [2.45, 2.75) is 77.5 Å². The lowest BCUT2D eigenvalue weighted by atomic mass is 9.87. The average Bonchev–Trinajstić information content (AvgIpc) is 3.34. The maximum atomic E-state index is 13.7. The summed E-state index contributed by atoms with van der Waals surface area (Å²) in [6.45, 7) is 12.4. The molecule has 0 radical (unpaired) electrons. The van der Waals surface area contributed by atoms with Crippen molar-refractivity contribution in [3.63, 3.8) is 0 Å². The highest BCUT2D eigenvalue weighted by atomic mass is 35.5. The van der Waals surface area contributed by atoms with Gasteiger partial charge in [-0.05, 0) is 75.4 Å². The Morgan fingerprint density at radius 3 is 2.58 bits per heavy atom. The van der Waals surface area contributed by atoms with E-state index in [1.54, 1.807) is 6.20 Å². The van der Waals surface area contributed by atoms with Crippen LogP contribution in [0.25, 0.3) is 22.2 Å². The molecule has 2 aromatic heterocycles. The minimum atomic E-state index is -0.606. The van der Waals surface area contributed by atoms with Gasteiger partial charge in [-0.2, -0.15) is 0 Å². The van der Waals surface area contributed by atoms with Gasteiger partial charge in [-0.1, -0.05) is 17.7 Å². The molecule has 11 heteroatoms. The van der Waals surface area contributed by atoms with Gasteiger partial charge in [0.05, 0.1) is 36.5 Å². The molecule has 43 heavy (non-hydrogen) atoms. The summed E-state index contributed by atoms with van der Waals surface area (Å²) in [5.74, 6) is -0.341. The minimum Gasteiger partial charge on any atom is -0.459 e. The number of hydrogen-bond acceptors (Lipinski definition) is 7. The number of nitrogens with one attached hydrogen (secondary N) is 2. The smallest absolute Gasteiger partial charge is 0.326 e. The van der Waals surface area contributed by atoms with Gasteiger partial charge in [0, 0.05) is 49.5 Å². The molecule has 5 heterocycles. The number of halogens is 1. The summed E-state index contributed by atoms with van der Waals surface area (Å²) in [6, 6.07) is 5.52. The molecule has 3 aliphatic heterocycles. The third-order valence-electron chi connectivity index (χ3n) is 8.19. The minimum absolute atomic E-state index is 0.00394. The molecule has 0 saturated carbocycles. The van der Waals surface area contributed by atoms with Crippen LogP contribution in [0, 0.1) is 0 Å². The van der Waals surface area contributed by atoms with Crippen LogP contribution < -0.4 is 5.32 Å². The topological polar surface area (TPSA) is 109 Å². The van der Waals surface area contributed by atoms with Gasteiger partial charge in [0.2, 0.25) is 0 Å². The first-order valence-electron chi connectivity index (χ1n) is 15.0. The number of H-pyrrole nitrogens is 1. The largest absolute Gasteiger partial charge is 0.459 e. The molecule has 230 valence electrons. The van der Waals surface area contributed by atoms with E-state index in [4.69, 9.17) is 25.8 Å². The zero-order valence-corrected chi connectivity index (χ0v) is 26.2. The summed E-state index contributed by atoms with van der Waals surface area (Å²) in [4.78, 5) is 38.2. The Bertz CT molecular complexity index is 1520. The van der Waals surface area contributed by atoms with Crippen molar-refractivity contribution < 1.29 is 23.8 Å². The Morgan fingerprint density at radius 1 is 1.07 bits per heavy atom. The molecule has 3 aliphatic rings. The van der Waals surface area contributed by atoms with Gasteiger partial charge in [-0.3, -0.25) is 10.1 Å². The number of rotatable bonds is 3. The highest BCUT2D eigenvalue weighted by molar-refractivity contribution is 6.35. The normalized spacial score (nSPS) is 24.6. The SMILES string of the molecule is C[C@@H]1CN(C(=O)N2CCc3cc(-c4cnc5[nH]cc(Cl)c5c4)cc(C4COCC(C(=O)OC(C)(C)C)N4)c3C2)C[C@@H](C)O1. The zero-order chi connectivity index (χ0) is 30.5. The molecule has 0 spiro atoms. The second kappa shape index (κ2) is 11.7. The number of carbonyl (C=O) groups excluding carboxylic acids is 2. The van der Waals surface area contributed by atoms with Crippen molar-refractivity contribution in [1.29, 1.82) is 0 Å². The van der Waals surface area contributed by atoms with Crippen LogP contribution >= 0.6 is 11.6 Å². The fourth-order valence-corrected chi connectivity index (χ4v) is 6.53. The number of aromatic nitrogens is 2. The molecule has 3 aromatic rings. The maximum absolute atomic E-state index is 13.7. The first-order chi connectivity index (χ1) is 20.4. The number of benzene rings is 1. The maximum Gasteiger partial charge on any atom is 0.326 e. The quantitative estimate of drug-likeness (QED) is 0.409. The van der Waals surface area contributed by atoms with Gasteiger partial charge >= 0.3 is 12.0 Å². The van der Waals surface area contributed by atoms with E-state index in [9.17, 15) is 9.59 Å². The summed E-state index contributed by atoms with van der Waals surface area (Å²) < 4.78 is 17.5. The van der Waals surface area contributed by atoms with E-state index in [0.717, 1.165) is 33.3 Å². The van der Waals surface area contributed by atoms with Crippen LogP contribution in [-0.4, -0.2) is 88.5 Å². The molecule has 2 amide bonds. The number of carbonyl (C=O) groups is 2. The van der Waals surface area contributed by atoms with E-state index in [1.165, 1.54) is 5.56 Å². The van der Waals surface area contributed by atoms with E-state index in [-0.39, 0.29) is 36.9 Å². The monoisotopic (exact) mass is 609 g/mol. The highest BCUT2D eigenvalue weighted by Crippen LogP contribution is 2.36. The lowest BCUT2D eigenvalue weighted by molar-refractivity contribution is -0.161. The molecule has 2 unspecified atom stereocenters. The molecule has 2 saturated heterocycles. The van der Waals surface area contributed by atoms with Crippen LogP contribution in [0.2, 0.25) is 5.02 Å². The van der Waals surface area contributed by atoms with Crippen LogP contribution in [0.5, 0.6) is 0 Å². The molecule has 0 bridgehead atoms. The van der Waals surface area contributed by atoms with E-state index < -0.39 is 11.6 Å². The standard InChI is InChI=1S/C32H40ClN5O5/c1-18-13-38(14-19(2)42-18)31(40)37-7-6-20-8-21(22-10-24-26(33)12-35-29(24)34-11-22)9-23(25(20)15-37)27-16-41-17-28(36-27)30(39)43-32(3,4)5/h8-12,18-19,27-28,36H,6-7,13-17H2,1-5H3,(H,34,35)/t18-,19-,27?,28?/m1/s1. The average molecular weight is 610 g/mol. The Balaban J connectivity index is 1.35. The Morgan fingerprint density at radius 2 is 1.84 bits per heavy atom. The lowest BCUT2D eigenvalue weighted by Crippen LogP contribution is -2.54. The van der Waals surface area contributed by atoms with Gasteiger partial charge < -0.3 is 29.0 Å². The second-order valence-electron chi connectivity index (χ2n) is 12.9. The Labute approximate surface area is 257 Å². The van der Waals surface area contributed by atoms with Crippen molar-refractivity contribution in [2.75, 3.05) is 32.8 Å². The van der Waals surface area contributed by atoms with Crippen LogP contribution in [-0.2, 0) is 32.0 Å². The number of fused-ring (bicyclic) bond motifs is 2. The summed E-state index contributed by atoms with van der Waals surface area (Å²) in [7, 11) is 0. The van der Waals surface area contributed by atoms with Crippen molar-refractivity contribution in [3.8, 4) is 11.1 Å². The number of amides is 2. The molecule has 6 rings (SSSR count). The number of esters is 1. The lowest BCUT2D eigenvalue weighted by Gasteiger charge is -2.40. The van der Waals surface area contributed by atoms with Crippen molar-refractivity contribution in [3.05, 3.63) is 52.3 Å². The van der Waals surface area contributed by atoms with Crippen LogP contribution in [0.3, 0.4) is 0 Å². The third kappa shape index (κ3) is 6.38. The highest BCUT2D eigenvalue weighted by Gasteiger charge is 2.36. The van der Waals surface area contributed by atoms with Gasteiger partial charge in [0.15, 0.2) is 0 Å². The first kappa shape index (κ1) is 29.9. The van der Waals surface area contributed by atoms with Crippen LogP contribution in [0.15, 0.2) is 30.6 Å². The van der Waals surface area contributed by atoms with Gasteiger partial charge in [0.25, 0.3) is 0 Å². The van der Waals surface area contributed by atoms with Crippen molar-refractivity contribution in [2.24, 2.45) is 0 Å². The summed E-state index contributed by atoms with van der Waals surface area (Å²) in [5, 5.41) is 4.97. The number of morpholine rings is 2. The summed E-state index contributed by atoms with van der Waals surface area (Å²) in [5.41, 5.74) is 5.31. The fourth-order valence-electron chi connectivity index (χ4n) is 6.33. The summed E-state index contributed by atoms with van der Waals surface area (Å²) in [6.07, 6.45) is 4.28. The Hall–Kier alpha value is -3.18. The first-order valence-corrected chi connectivity index (χ1v) is 15.4. The number of urea groups is 1. The number of aromatic amines is 1. The van der Waals surface area contributed by atoms with Crippen molar-refractivity contribution >= 4 is 34.6 Å². The molecule has 0 aliphatic carbocycles. The molecule has 10 nitrogen and oxygen atoms in total. The third-order valence-corrected chi connectivity index (χ3v) is 8.50. The number of hydrogen-bond donors (Lipinski definition) is 2. The molecular formula is C32H40ClN5O5. The molecule has 2 fully saturated rings. The van der Waals surface area contributed by atoms with Crippen LogP contribution in [0.4, 0.5) is 4.79 Å². The van der Waals surface area contributed by atoms with E-state index in [2.05, 4.69) is 27.4 Å². The number of nitrogens with zero attached hydrogens (tertiary/aromatic N) is 3. The van der Waals surface area contributed by atoms with Crippen LogP contribution in [0.1, 0.15) is 57.4 Å². The number of ether oxygens (including phenoxy) is 3. The predicted octanol–water partition coefficient (Wildman–Crippen LogP) is 4.84. The molecule has 1 aromatic carbocycles. The molecule has 2 N–H and O–H groups in total. The second-order valence-corrected chi connectivity index (χ2v) is 13.3.